The first-order valence-electron chi connectivity index (χ1n) is 8.93. The molecule has 7 nitrogen and oxygen atoms in total. The zero-order valence-corrected chi connectivity index (χ0v) is 15.2. The third-order valence-electron chi connectivity index (χ3n) is 4.59. The van der Waals surface area contributed by atoms with Crippen LogP contribution in [0.25, 0.3) is 11.1 Å². The smallest absolute Gasteiger partial charge is 0.330 e. The molecule has 1 aromatic carbocycles. The Hall–Kier alpha value is -3.53. The molecule has 1 aromatic heterocycles. The summed E-state index contributed by atoms with van der Waals surface area (Å²) < 4.78 is 0. The summed E-state index contributed by atoms with van der Waals surface area (Å²) in [7, 11) is 0. The van der Waals surface area contributed by atoms with E-state index in [9.17, 15) is 14.7 Å². The van der Waals surface area contributed by atoms with Crippen molar-refractivity contribution < 1.29 is 14.7 Å². The van der Waals surface area contributed by atoms with Gasteiger partial charge in [-0.15, -0.1) is 12.3 Å². The molecular weight excluding hydrogens is 356 g/mol. The first kappa shape index (κ1) is 19.2. The van der Waals surface area contributed by atoms with Crippen LogP contribution in [-0.4, -0.2) is 27.6 Å². The minimum atomic E-state index is -1.14. The van der Waals surface area contributed by atoms with Crippen molar-refractivity contribution in [2.45, 2.75) is 37.4 Å². The van der Waals surface area contributed by atoms with Gasteiger partial charge < -0.3 is 10.4 Å². The van der Waals surface area contributed by atoms with E-state index in [2.05, 4.69) is 26.4 Å². The zero-order valence-electron chi connectivity index (χ0n) is 15.2. The molecule has 1 amide bonds. The molecule has 1 aliphatic heterocycles. The van der Waals surface area contributed by atoms with Crippen molar-refractivity contribution >= 4 is 11.9 Å². The van der Waals surface area contributed by atoms with Crippen LogP contribution < -0.4 is 5.32 Å². The van der Waals surface area contributed by atoms with Crippen LogP contribution in [0.15, 0.2) is 59.0 Å². The van der Waals surface area contributed by atoms with Gasteiger partial charge in [0.1, 0.15) is 0 Å². The molecule has 0 bridgehead atoms. The number of aromatic nitrogens is 1. The minimum absolute atomic E-state index is 0.130. The minimum Gasteiger partial charge on any atom is -0.479 e. The molecule has 0 radical (unpaired) electrons. The van der Waals surface area contributed by atoms with Crippen LogP contribution in [-0.2, 0) is 9.59 Å². The number of amides is 1. The third kappa shape index (κ3) is 4.80. The summed E-state index contributed by atoms with van der Waals surface area (Å²) in [5.41, 5.74) is 1.70. The molecule has 0 fully saturated rings. The van der Waals surface area contributed by atoms with Gasteiger partial charge in [0.2, 0.25) is 5.91 Å². The fourth-order valence-corrected chi connectivity index (χ4v) is 2.94. The van der Waals surface area contributed by atoms with E-state index in [1.807, 2.05) is 18.2 Å². The van der Waals surface area contributed by atoms with Crippen molar-refractivity contribution in [3.63, 3.8) is 0 Å². The standard InChI is InChI=1S/C21H20N4O3/c1-2-3-10-21(24-25-21)11-7-18(26)23-19(20(27)28)17-6-4-5-16(14-17)15-8-12-22-13-9-15/h1,4-6,8-9,12-14,19H,3,7,10-11H2,(H,23,26)(H,27,28). The summed E-state index contributed by atoms with van der Waals surface area (Å²) in [4.78, 5) is 28.1. The highest BCUT2D eigenvalue weighted by atomic mass is 16.4. The van der Waals surface area contributed by atoms with Gasteiger partial charge >= 0.3 is 5.97 Å². The number of carbonyl (C=O) groups is 2. The fraction of sp³-hybridized carbons (Fsp3) is 0.286. The largest absolute Gasteiger partial charge is 0.479 e. The van der Waals surface area contributed by atoms with Gasteiger partial charge in [-0.3, -0.25) is 9.78 Å². The number of carboxylic acid groups (broad SMARTS) is 1. The molecule has 0 aliphatic carbocycles. The summed E-state index contributed by atoms with van der Waals surface area (Å²) >= 11 is 0. The van der Waals surface area contributed by atoms with E-state index in [0.29, 0.717) is 24.8 Å². The molecular formula is C21H20N4O3. The van der Waals surface area contributed by atoms with E-state index < -0.39 is 17.7 Å². The molecule has 1 unspecified atom stereocenters. The molecule has 0 saturated carbocycles. The molecule has 2 N–H and O–H groups in total. The number of carboxylic acids is 1. The Morgan fingerprint density at radius 2 is 1.89 bits per heavy atom. The lowest BCUT2D eigenvalue weighted by Gasteiger charge is -2.17. The van der Waals surface area contributed by atoms with Crippen LogP contribution in [0.3, 0.4) is 0 Å². The van der Waals surface area contributed by atoms with Crippen LogP contribution in [0, 0.1) is 12.3 Å². The number of benzene rings is 1. The van der Waals surface area contributed by atoms with Crippen molar-refractivity contribution in [1.29, 1.82) is 0 Å². The van der Waals surface area contributed by atoms with Crippen LogP contribution >= 0.6 is 0 Å². The van der Waals surface area contributed by atoms with E-state index in [4.69, 9.17) is 6.42 Å². The van der Waals surface area contributed by atoms with Crippen molar-refractivity contribution in [1.82, 2.24) is 10.3 Å². The van der Waals surface area contributed by atoms with Gasteiger partial charge in [-0.25, -0.2) is 4.79 Å². The second-order valence-electron chi connectivity index (χ2n) is 6.59. The number of rotatable bonds is 9. The van der Waals surface area contributed by atoms with Gasteiger partial charge in [-0.05, 0) is 34.9 Å². The Kier molecular flexibility index (Phi) is 5.80. The Labute approximate surface area is 162 Å². The maximum Gasteiger partial charge on any atom is 0.330 e. The summed E-state index contributed by atoms with van der Waals surface area (Å²) in [6.07, 6.45) is 10.3. The Balaban J connectivity index is 1.66. The van der Waals surface area contributed by atoms with Crippen LogP contribution in [0.1, 0.15) is 37.3 Å². The molecule has 0 spiro atoms. The molecule has 3 rings (SSSR count). The second-order valence-corrected chi connectivity index (χ2v) is 6.59. The zero-order chi connectivity index (χ0) is 20.0. The molecule has 1 aliphatic rings. The number of nitrogens with one attached hydrogen (secondary N) is 1. The second kappa shape index (κ2) is 8.44. The van der Waals surface area contributed by atoms with Gasteiger partial charge in [0.05, 0.1) is 0 Å². The molecule has 7 heteroatoms. The van der Waals surface area contributed by atoms with Gasteiger partial charge in [0.25, 0.3) is 0 Å². The summed E-state index contributed by atoms with van der Waals surface area (Å²) in [6.45, 7) is 0. The average Bonchev–Trinajstić information content (AvgIpc) is 3.50. The van der Waals surface area contributed by atoms with Gasteiger partial charge in [0.15, 0.2) is 11.7 Å². The molecule has 2 aromatic rings. The molecule has 2 heterocycles. The molecule has 28 heavy (non-hydrogen) atoms. The topological polar surface area (TPSA) is 104 Å². The average molecular weight is 376 g/mol. The highest BCUT2D eigenvalue weighted by Gasteiger charge is 2.39. The normalized spacial score (nSPS) is 14.7. The summed E-state index contributed by atoms with van der Waals surface area (Å²) in [5, 5.41) is 20.2. The van der Waals surface area contributed by atoms with E-state index in [0.717, 1.165) is 11.1 Å². The van der Waals surface area contributed by atoms with Crippen LogP contribution in [0.2, 0.25) is 0 Å². The Morgan fingerprint density at radius 1 is 1.14 bits per heavy atom. The maximum absolute atomic E-state index is 12.3. The number of carbonyl (C=O) groups excluding carboxylic acids is 1. The lowest BCUT2D eigenvalue weighted by Crippen LogP contribution is -2.34. The highest BCUT2D eigenvalue weighted by Crippen LogP contribution is 2.37. The summed E-state index contributed by atoms with van der Waals surface area (Å²) in [5.74, 6) is 1.05. The van der Waals surface area contributed by atoms with Crippen molar-refractivity contribution in [2.24, 2.45) is 10.2 Å². The van der Waals surface area contributed by atoms with E-state index in [-0.39, 0.29) is 12.3 Å². The highest BCUT2D eigenvalue weighted by molar-refractivity contribution is 5.85. The predicted octanol–water partition coefficient (Wildman–Crippen LogP) is 3.35. The Bertz CT molecular complexity index is 928. The molecule has 142 valence electrons. The van der Waals surface area contributed by atoms with Crippen molar-refractivity contribution in [3.05, 3.63) is 54.4 Å². The predicted molar refractivity (Wildman–Crippen MR) is 103 cm³/mol. The monoisotopic (exact) mass is 376 g/mol. The number of hydrogen-bond donors (Lipinski definition) is 2. The third-order valence-corrected chi connectivity index (χ3v) is 4.59. The maximum atomic E-state index is 12.3. The number of hydrogen-bond acceptors (Lipinski definition) is 5. The first-order valence-corrected chi connectivity index (χ1v) is 8.93. The molecule has 0 saturated heterocycles. The van der Waals surface area contributed by atoms with E-state index in [1.54, 1.807) is 30.6 Å². The van der Waals surface area contributed by atoms with Gasteiger partial charge in [-0.2, -0.15) is 10.2 Å². The Morgan fingerprint density at radius 3 is 2.54 bits per heavy atom. The summed E-state index contributed by atoms with van der Waals surface area (Å²) in [6, 6.07) is 9.63. The number of nitrogens with zero attached hydrogens (tertiary/aromatic N) is 3. The van der Waals surface area contributed by atoms with E-state index in [1.165, 1.54) is 0 Å². The SMILES string of the molecule is C#CCCC1(CCC(=O)NC(C(=O)O)c2cccc(-c3ccncc3)c2)N=N1. The van der Waals surface area contributed by atoms with Gasteiger partial charge in [-0.1, -0.05) is 18.2 Å². The quantitative estimate of drug-likeness (QED) is 0.655. The lowest BCUT2D eigenvalue weighted by atomic mass is 9.99. The van der Waals surface area contributed by atoms with Gasteiger partial charge in [0, 0.05) is 38.1 Å². The van der Waals surface area contributed by atoms with E-state index >= 15 is 0 Å². The fourth-order valence-electron chi connectivity index (χ4n) is 2.94. The van der Waals surface area contributed by atoms with Crippen LogP contribution in [0.4, 0.5) is 0 Å². The first-order chi connectivity index (χ1) is 13.5. The number of terminal acetylenes is 1. The number of pyridine rings is 1. The lowest BCUT2D eigenvalue weighted by molar-refractivity contribution is -0.142. The number of aliphatic carboxylic acids is 1. The van der Waals surface area contributed by atoms with Crippen LogP contribution in [0.5, 0.6) is 0 Å². The van der Waals surface area contributed by atoms with Crippen molar-refractivity contribution in [3.8, 4) is 23.5 Å². The molecule has 1 atom stereocenters. The van der Waals surface area contributed by atoms with Crippen molar-refractivity contribution in [2.75, 3.05) is 0 Å².